The van der Waals surface area contributed by atoms with E-state index in [1.165, 1.54) is 7.11 Å². The highest BCUT2D eigenvalue weighted by molar-refractivity contribution is 5.94. The molecule has 90 valence electrons. The number of hydrogen-bond acceptors (Lipinski definition) is 3. The molecule has 0 aliphatic carbocycles. The van der Waals surface area contributed by atoms with Crippen LogP contribution in [-0.2, 0) is 14.3 Å². The van der Waals surface area contributed by atoms with Crippen molar-refractivity contribution in [2.75, 3.05) is 12.4 Å². The van der Waals surface area contributed by atoms with E-state index in [1.54, 1.807) is 0 Å². The molecule has 1 aromatic carbocycles. The van der Waals surface area contributed by atoms with E-state index in [2.05, 4.69) is 10.1 Å². The van der Waals surface area contributed by atoms with Crippen molar-refractivity contribution in [2.45, 2.75) is 25.2 Å². The standard InChI is InChI=1S/C13H15NO3/c1-17-13(16)7-6-9-8-12(15)14-11-5-3-2-4-10(9)11/h2-5,9H,6-8H2,1H3,(H,14,15). The van der Waals surface area contributed by atoms with Gasteiger partial charge >= 0.3 is 5.97 Å². The van der Waals surface area contributed by atoms with Crippen LogP contribution in [0, 0.1) is 0 Å². The second kappa shape index (κ2) is 4.99. The van der Waals surface area contributed by atoms with E-state index in [0.29, 0.717) is 19.3 Å². The van der Waals surface area contributed by atoms with Crippen LogP contribution >= 0.6 is 0 Å². The molecule has 1 aliphatic rings. The first-order chi connectivity index (χ1) is 8.20. The number of fused-ring (bicyclic) bond motifs is 1. The van der Waals surface area contributed by atoms with Crippen LogP contribution in [0.5, 0.6) is 0 Å². The minimum Gasteiger partial charge on any atom is -0.469 e. The molecule has 2 rings (SSSR count). The van der Waals surface area contributed by atoms with Gasteiger partial charge in [0.05, 0.1) is 7.11 Å². The van der Waals surface area contributed by atoms with Gasteiger partial charge in [0.25, 0.3) is 0 Å². The summed E-state index contributed by atoms with van der Waals surface area (Å²) in [4.78, 5) is 22.6. The summed E-state index contributed by atoms with van der Waals surface area (Å²) in [5, 5.41) is 2.84. The third-order valence-electron chi connectivity index (χ3n) is 3.03. The van der Waals surface area contributed by atoms with Gasteiger partial charge in [0.15, 0.2) is 0 Å². The Labute approximate surface area is 100.0 Å². The third kappa shape index (κ3) is 2.64. The smallest absolute Gasteiger partial charge is 0.305 e. The molecule has 1 unspecified atom stereocenters. The van der Waals surface area contributed by atoms with Gasteiger partial charge in [-0.25, -0.2) is 0 Å². The minimum absolute atomic E-state index is 0.0126. The first kappa shape index (κ1) is 11.6. The fourth-order valence-electron chi connectivity index (χ4n) is 2.15. The monoisotopic (exact) mass is 233 g/mol. The molecule has 0 spiro atoms. The number of nitrogens with one attached hydrogen (secondary N) is 1. The van der Waals surface area contributed by atoms with Crippen molar-refractivity contribution >= 4 is 17.6 Å². The average Bonchev–Trinajstić information content (AvgIpc) is 2.35. The number of para-hydroxylation sites is 1. The number of carbonyl (C=O) groups excluding carboxylic acids is 2. The molecule has 4 heteroatoms. The first-order valence-corrected chi connectivity index (χ1v) is 5.66. The lowest BCUT2D eigenvalue weighted by molar-refractivity contribution is -0.141. The van der Waals surface area contributed by atoms with Gasteiger partial charge in [-0.05, 0) is 24.0 Å². The second-order valence-corrected chi connectivity index (χ2v) is 4.15. The second-order valence-electron chi connectivity index (χ2n) is 4.15. The van der Waals surface area contributed by atoms with Gasteiger partial charge in [-0.3, -0.25) is 9.59 Å². The minimum atomic E-state index is -0.228. The lowest BCUT2D eigenvalue weighted by Gasteiger charge is -2.25. The summed E-state index contributed by atoms with van der Waals surface area (Å²) in [7, 11) is 1.38. The molecule has 1 atom stereocenters. The summed E-state index contributed by atoms with van der Waals surface area (Å²) in [5.74, 6) is -0.105. The number of rotatable bonds is 3. The number of carbonyl (C=O) groups is 2. The Morgan fingerprint density at radius 2 is 2.24 bits per heavy atom. The van der Waals surface area contributed by atoms with Gasteiger partial charge in [0.2, 0.25) is 5.91 Å². The van der Waals surface area contributed by atoms with Crippen LogP contribution in [0.4, 0.5) is 5.69 Å². The van der Waals surface area contributed by atoms with Crippen LogP contribution in [0.1, 0.15) is 30.7 Å². The van der Waals surface area contributed by atoms with Crippen LogP contribution in [0.15, 0.2) is 24.3 Å². The van der Waals surface area contributed by atoms with Crippen LogP contribution in [-0.4, -0.2) is 19.0 Å². The average molecular weight is 233 g/mol. The molecule has 0 saturated carbocycles. The summed E-state index contributed by atoms with van der Waals surface area (Å²) in [6.45, 7) is 0. The molecule has 4 nitrogen and oxygen atoms in total. The van der Waals surface area contributed by atoms with Gasteiger partial charge in [-0.1, -0.05) is 18.2 Å². The maximum atomic E-state index is 11.5. The summed E-state index contributed by atoms with van der Waals surface area (Å²) in [5.41, 5.74) is 1.97. The quantitative estimate of drug-likeness (QED) is 0.813. The maximum absolute atomic E-state index is 11.5. The SMILES string of the molecule is COC(=O)CCC1CC(=O)Nc2ccccc21. The highest BCUT2D eigenvalue weighted by Gasteiger charge is 2.25. The molecular formula is C13H15NO3. The van der Waals surface area contributed by atoms with E-state index in [0.717, 1.165) is 11.3 Å². The molecule has 0 fully saturated rings. The van der Waals surface area contributed by atoms with Crippen LogP contribution in [0.2, 0.25) is 0 Å². The van der Waals surface area contributed by atoms with Gasteiger partial charge < -0.3 is 10.1 Å². The molecule has 1 aromatic rings. The lowest BCUT2D eigenvalue weighted by atomic mass is 9.87. The highest BCUT2D eigenvalue weighted by atomic mass is 16.5. The van der Waals surface area contributed by atoms with E-state index in [-0.39, 0.29) is 17.8 Å². The predicted octanol–water partition coefficient (Wildman–Crippen LogP) is 2.07. The van der Waals surface area contributed by atoms with Crippen molar-refractivity contribution in [2.24, 2.45) is 0 Å². The number of methoxy groups -OCH3 is 1. The maximum Gasteiger partial charge on any atom is 0.305 e. The third-order valence-corrected chi connectivity index (χ3v) is 3.03. The van der Waals surface area contributed by atoms with E-state index in [4.69, 9.17) is 0 Å². The topological polar surface area (TPSA) is 55.4 Å². The van der Waals surface area contributed by atoms with Gasteiger partial charge in [0, 0.05) is 18.5 Å². The molecule has 0 aromatic heterocycles. The molecule has 0 saturated heterocycles. The normalized spacial score (nSPS) is 18.2. The highest BCUT2D eigenvalue weighted by Crippen LogP contribution is 2.34. The van der Waals surface area contributed by atoms with Crippen molar-refractivity contribution in [3.63, 3.8) is 0 Å². The van der Waals surface area contributed by atoms with Crippen molar-refractivity contribution in [1.29, 1.82) is 0 Å². The fraction of sp³-hybridized carbons (Fsp3) is 0.385. The number of esters is 1. The van der Waals surface area contributed by atoms with Crippen molar-refractivity contribution < 1.29 is 14.3 Å². The molecule has 1 heterocycles. The number of hydrogen-bond donors (Lipinski definition) is 1. The Kier molecular flexibility index (Phi) is 3.42. The van der Waals surface area contributed by atoms with Gasteiger partial charge in [-0.15, -0.1) is 0 Å². The summed E-state index contributed by atoms with van der Waals surface area (Å²) in [6, 6.07) is 7.72. The molecule has 1 aliphatic heterocycles. The Balaban J connectivity index is 2.12. The van der Waals surface area contributed by atoms with E-state index in [9.17, 15) is 9.59 Å². The Morgan fingerprint density at radius 1 is 1.47 bits per heavy atom. The van der Waals surface area contributed by atoms with Crippen molar-refractivity contribution in [3.8, 4) is 0 Å². The number of anilines is 1. The Morgan fingerprint density at radius 3 is 3.00 bits per heavy atom. The molecule has 1 amide bonds. The molecule has 0 radical (unpaired) electrons. The van der Waals surface area contributed by atoms with E-state index >= 15 is 0 Å². The molecule has 1 N–H and O–H groups in total. The summed E-state index contributed by atoms with van der Waals surface area (Å²) in [6.07, 6.45) is 1.44. The van der Waals surface area contributed by atoms with Crippen molar-refractivity contribution in [1.82, 2.24) is 0 Å². The molecule has 17 heavy (non-hydrogen) atoms. The molecular weight excluding hydrogens is 218 g/mol. The van der Waals surface area contributed by atoms with E-state index < -0.39 is 0 Å². The summed E-state index contributed by atoms with van der Waals surface area (Å²) < 4.78 is 4.62. The molecule has 0 bridgehead atoms. The van der Waals surface area contributed by atoms with E-state index in [1.807, 2.05) is 24.3 Å². The number of ether oxygens (including phenoxy) is 1. The van der Waals surface area contributed by atoms with Gasteiger partial charge in [-0.2, -0.15) is 0 Å². The number of amides is 1. The summed E-state index contributed by atoms with van der Waals surface area (Å²) >= 11 is 0. The van der Waals surface area contributed by atoms with Gasteiger partial charge in [0.1, 0.15) is 0 Å². The number of benzene rings is 1. The lowest BCUT2D eigenvalue weighted by Crippen LogP contribution is -2.23. The van der Waals surface area contributed by atoms with Crippen molar-refractivity contribution in [3.05, 3.63) is 29.8 Å². The predicted molar refractivity (Wildman–Crippen MR) is 63.7 cm³/mol. The Hall–Kier alpha value is -1.84. The Bertz CT molecular complexity index is 442. The fourth-order valence-corrected chi connectivity index (χ4v) is 2.15. The zero-order valence-electron chi connectivity index (χ0n) is 9.73. The zero-order chi connectivity index (χ0) is 12.3. The van der Waals surface area contributed by atoms with Crippen LogP contribution in [0.25, 0.3) is 0 Å². The first-order valence-electron chi connectivity index (χ1n) is 5.66. The van der Waals surface area contributed by atoms with Crippen LogP contribution < -0.4 is 5.32 Å². The largest absolute Gasteiger partial charge is 0.469 e. The van der Waals surface area contributed by atoms with Crippen LogP contribution in [0.3, 0.4) is 0 Å². The zero-order valence-corrected chi connectivity index (χ0v) is 9.73.